The maximum absolute atomic E-state index is 10.5. The van der Waals surface area contributed by atoms with Crippen molar-refractivity contribution in [1.82, 2.24) is 20.3 Å². The molecule has 0 aliphatic heterocycles. The van der Waals surface area contributed by atoms with Crippen molar-refractivity contribution in [3.8, 4) is 0 Å². The molecule has 0 saturated carbocycles. The smallest absolute Gasteiger partial charge is 0.358 e. The average molecular weight is 212 g/mol. The molecule has 0 bridgehead atoms. The van der Waals surface area contributed by atoms with E-state index in [2.05, 4.69) is 29.5 Å². The first-order valence-electron chi connectivity index (χ1n) is 5.00. The predicted octanol–water partition coefficient (Wildman–Crippen LogP) is 0.364. The number of hydrogen-bond acceptors (Lipinski definition) is 4. The van der Waals surface area contributed by atoms with Crippen molar-refractivity contribution in [2.45, 2.75) is 32.9 Å². The van der Waals surface area contributed by atoms with Gasteiger partial charge in [-0.3, -0.25) is 4.68 Å². The van der Waals surface area contributed by atoms with Gasteiger partial charge in [-0.1, -0.05) is 12.1 Å². The number of carbonyl (C=O) groups is 1. The molecule has 2 N–H and O–H groups in total. The zero-order valence-electron chi connectivity index (χ0n) is 8.97. The van der Waals surface area contributed by atoms with Crippen molar-refractivity contribution >= 4 is 5.97 Å². The fourth-order valence-corrected chi connectivity index (χ4v) is 1.08. The zero-order valence-corrected chi connectivity index (χ0v) is 8.97. The Kier molecular flexibility index (Phi) is 4.23. The molecule has 1 aromatic heterocycles. The number of aromatic carboxylic acids is 1. The zero-order chi connectivity index (χ0) is 11.3. The highest BCUT2D eigenvalue weighted by Gasteiger charge is 2.07. The van der Waals surface area contributed by atoms with E-state index in [9.17, 15) is 4.79 Å². The summed E-state index contributed by atoms with van der Waals surface area (Å²) in [6, 6.07) is 0.465. The number of carboxylic acids is 1. The summed E-state index contributed by atoms with van der Waals surface area (Å²) in [4.78, 5) is 10.5. The van der Waals surface area contributed by atoms with Crippen molar-refractivity contribution in [3.05, 3.63) is 11.9 Å². The van der Waals surface area contributed by atoms with Gasteiger partial charge in [0, 0.05) is 12.6 Å². The van der Waals surface area contributed by atoms with Gasteiger partial charge >= 0.3 is 5.97 Å². The third-order valence-corrected chi connectivity index (χ3v) is 2.20. The Morgan fingerprint density at radius 2 is 2.47 bits per heavy atom. The number of nitrogens with zero attached hydrogens (tertiary/aromatic N) is 3. The lowest BCUT2D eigenvalue weighted by Crippen LogP contribution is -2.28. The largest absolute Gasteiger partial charge is 0.476 e. The number of rotatable bonds is 6. The molecular weight excluding hydrogens is 196 g/mol. The van der Waals surface area contributed by atoms with E-state index in [0.717, 1.165) is 13.0 Å². The first-order valence-corrected chi connectivity index (χ1v) is 5.00. The topological polar surface area (TPSA) is 80.0 Å². The molecule has 0 radical (unpaired) electrons. The van der Waals surface area contributed by atoms with Gasteiger partial charge in [0.25, 0.3) is 0 Å². The molecule has 1 atom stereocenters. The predicted molar refractivity (Wildman–Crippen MR) is 54.7 cm³/mol. The molecule has 6 nitrogen and oxygen atoms in total. The van der Waals surface area contributed by atoms with Gasteiger partial charge in [-0.25, -0.2) is 4.79 Å². The van der Waals surface area contributed by atoms with E-state index in [1.165, 1.54) is 10.9 Å². The summed E-state index contributed by atoms with van der Waals surface area (Å²) in [7, 11) is 0. The molecule has 0 saturated heterocycles. The van der Waals surface area contributed by atoms with Gasteiger partial charge in [-0.15, -0.1) is 5.10 Å². The quantitative estimate of drug-likeness (QED) is 0.712. The number of carboxylic acid groups (broad SMARTS) is 1. The highest BCUT2D eigenvalue weighted by molar-refractivity contribution is 5.84. The summed E-state index contributed by atoms with van der Waals surface area (Å²) >= 11 is 0. The molecule has 1 aromatic rings. The Hall–Kier alpha value is -1.43. The summed E-state index contributed by atoms with van der Waals surface area (Å²) in [5.41, 5.74) is -0.0152. The van der Waals surface area contributed by atoms with Gasteiger partial charge in [0.15, 0.2) is 5.69 Å². The van der Waals surface area contributed by atoms with Gasteiger partial charge in [0.2, 0.25) is 0 Å². The van der Waals surface area contributed by atoms with Crippen molar-refractivity contribution < 1.29 is 9.90 Å². The van der Waals surface area contributed by atoms with E-state index in [1.54, 1.807) is 0 Å². The maximum atomic E-state index is 10.5. The maximum Gasteiger partial charge on any atom is 0.358 e. The van der Waals surface area contributed by atoms with Gasteiger partial charge in [-0.2, -0.15) is 0 Å². The second kappa shape index (κ2) is 5.45. The van der Waals surface area contributed by atoms with E-state index in [4.69, 9.17) is 5.11 Å². The molecule has 15 heavy (non-hydrogen) atoms. The van der Waals surface area contributed by atoms with Crippen LogP contribution < -0.4 is 5.32 Å². The Labute approximate surface area is 88.3 Å². The molecular formula is C9H16N4O2. The molecule has 6 heteroatoms. The molecule has 0 aliphatic rings. The van der Waals surface area contributed by atoms with Gasteiger partial charge in [0.1, 0.15) is 0 Å². The van der Waals surface area contributed by atoms with Crippen LogP contribution in [0.4, 0.5) is 0 Å². The van der Waals surface area contributed by atoms with E-state index in [1.807, 2.05) is 0 Å². The summed E-state index contributed by atoms with van der Waals surface area (Å²) in [6.07, 6.45) is 2.50. The molecule has 0 aliphatic carbocycles. The van der Waals surface area contributed by atoms with Gasteiger partial charge in [0.05, 0.1) is 12.7 Å². The van der Waals surface area contributed by atoms with E-state index in [-0.39, 0.29) is 5.69 Å². The highest BCUT2D eigenvalue weighted by Crippen LogP contribution is 1.92. The monoisotopic (exact) mass is 212 g/mol. The minimum atomic E-state index is -1.05. The fourth-order valence-electron chi connectivity index (χ4n) is 1.08. The summed E-state index contributed by atoms with van der Waals surface area (Å²) in [5, 5.41) is 19.1. The normalized spacial score (nSPS) is 12.7. The van der Waals surface area contributed by atoms with Crippen LogP contribution in [0.25, 0.3) is 0 Å². The second-order valence-electron chi connectivity index (χ2n) is 3.44. The Bertz CT molecular complexity index is 324. The van der Waals surface area contributed by atoms with Crippen molar-refractivity contribution in [1.29, 1.82) is 0 Å². The molecule has 84 valence electrons. The van der Waals surface area contributed by atoms with Gasteiger partial charge in [-0.05, 0) is 13.3 Å². The first-order chi connectivity index (χ1) is 7.13. The summed E-state index contributed by atoms with van der Waals surface area (Å²) in [6.45, 7) is 5.60. The van der Waals surface area contributed by atoms with Crippen LogP contribution in [-0.4, -0.2) is 38.7 Å². The van der Waals surface area contributed by atoms with E-state index >= 15 is 0 Å². The molecule has 1 heterocycles. The lowest BCUT2D eigenvalue weighted by atomic mass is 10.3. The van der Waals surface area contributed by atoms with Crippen LogP contribution in [0.3, 0.4) is 0 Å². The third kappa shape index (κ3) is 3.67. The number of aromatic nitrogens is 3. The van der Waals surface area contributed by atoms with Crippen LogP contribution in [0.2, 0.25) is 0 Å². The fraction of sp³-hybridized carbons (Fsp3) is 0.667. The molecule has 1 rings (SSSR count). The minimum absolute atomic E-state index is 0.0152. The summed E-state index contributed by atoms with van der Waals surface area (Å²) in [5.74, 6) is -1.05. The second-order valence-corrected chi connectivity index (χ2v) is 3.44. The van der Waals surface area contributed by atoms with Crippen molar-refractivity contribution in [2.75, 3.05) is 6.54 Å². The summed E-state index contributed by atoms with van der Waals surface area (Å²) < 4.78 is 1.53. The van der Waals surface area contributed by atoms with Crippen LogP contribution in [0.5, 0.6) is 0 Å². The SMILES string of the molecule is CCC(C)NCCn1cc(C(=O)O)nn1. The lowest BCUT2D eigenvalue weighted by molar-refractivity contribution is 0.0690. The Morgan fingerprint density at radius 3 is 3.00 bits per heavy atom. The van der Waals surface area contributed by atoms with Crippen LogP contribution in [0, 0.1) is 0 Å². The molecule has 0 aromatic carbocycles. The highest BCUT2D eigenvalue weighted by atomic mass is 16.4. The van der Waals surface area contributed by atoms with Crippen LogP contribution in [0.1, 0.15) is 30.8 Å². The number of hydrogen-bond donors (Lipinski definition) is 2. The minimum Gasteiger partial charge on any atom is -0.476 e. The van der Waals surface area contributed by atoms with Crippen LogP contribution >= 0.6 is 0 Å². The van der Waals surface area contributed by atoms with Crippen molar-refractivity contribution in [2.24, 2.45) is 0 Å². The molecule has 0 spiro atoms. The lowest BCUT2D eigenvalue weighted by Gasteiger charge is -2.10. The van der Waals surface area contributed by atoms with Crippen molar-refractivity contribution in [3.63, 3.8) is 0 Å². The molecule has 0 amide bonds. The van der Waals surface area contributed by atoms with Gasteiger partial charge < -0.3 is 10.4 Å². The molecule has 1 unspecified atom stereocenters. The number of nitrogens with one attached hydrogen (secondary N) is 1. The first kappa shape index (κ1) is 11.6. The van der Waals surface area contributed by atoms with Crippen LogP contribution in [0.15, 0.2) is 6.20 Å². The van der Waals surface area contributed by atoms with E-state index in [0.29, 0.717) is 12.6 Å². The third-order valence-electron chi connectivity index (χ3n) is 2.20. The Balaban J connectivity index is 2.35. The Morgan fingerprint density at radius 1 is 1.73 bits per heavy atom. The van der Waals surface area contributed by atoms with E-state index < -0.39 is 5.97 Å². The van der Waals surface area contributed by atoms with Crippen LogP contribution in [-0.2, 0) is 6.54 Å². The molecule has 0 fully saturated rings. The average Bonchev–Trinajstić information content (AvgIpc) is 2.66. The standard InChI is InChI=1S/C9H16N4O2/c1-3-7(2)10-4-5-13-6-8(9(14)15)11-12-13/h6-7,10H,3-5H2,1-2H3,(H,14,15).